The van der Waals surface area contributed by atoms with Crippen LogP contribution in [0.4, 0.5) is 0 Å². The summed E-state index contributed by atoms with van der Waals surface area (Å²) in [5.74, 6) is 0. The summed E-state index contributed by atoms with van der Waals surface area (Å²) in [6.07, 6.45) is 2.44. The fourth-order valence-electron chi connectivity index (χ4n) is 1.56. The molecular weight excluding hydrogens is 190 g/mol. The number of rotatable bonds is 5. The van der Waals surface area contributed by atoms with Crippen LogP contribution in [0.1, 0.15) is 42.0 Å². The van der Waals surface area contributed by atoms with Crippen molar-refractivity contribution < 1.29 is 0 Å². The predicted octanol–water partition coefficient (Wildman–Crippen LogP) is 3.64. The Balaban J connectivity index is 2.45. The van der Waals surface area contributed by atoms with Crippen LogP contribution in [0, 0.1) is 13.8 Å². The minimum Gasteiger partial charge on any atom is -0.309 e. The maximum atomic E-state index is 3.59. The van der Waals surface area contributed by atoms with Gasteiger partial charge in [-0.2, -0.15) is 0 Å². The van der Waals surface area contributed by atoms with Crippen LogP contribution in [0.3, 0.4) is 0 Å². The SMILES string of the molecule is CCC(CC)NCc1cc(C)c(C)s1. The third-order valence-corrected chi connectivity index (χ3v) is 3.92. The molecule has 1 rings (SSSR count). The molecule has 0 saturated carbocycles. The van der Waals surface area contributed by atoms with Crippen LogP contribution >= 0.6 is 11.3 Å². The van der Waals surface area contributed by atoms with Gasteiger partial charge in [-0.25, -0.2) is 0 Å². The van der Waals surface area contributed by atoms with E-state index >= 15 is 0 Å². The molecule has 0 amide bonds. The quantitative estimate of drug-likeness (QED) is 0.784. The first-order chi connectivity index (χ1) is 6.67. The van der Waals surface area contributed by atoms with E-state index in [2.05, 4.69) is 39.1 Å². The van der Waals surface area contributed by atoms with Gasteiger partial charge >= 0.3 is 0 Å². The molecule has 0 aliphatic rings. The van der Waals surface area contributed by atoms with Gasteiger partial charge in [-0.3, -0.25) is 0 Å². The average molecular weight is 211 g/mol. The Morgan fingerprint density at radius 1 is 1.29 bits per heavy atom. The summed E-state index contributed by atoms with van der Waals surface area (Å²) in [7, 11) is 0. The number of hydrogen-bond acceptors (Lipinski definition) is 2. The van der Waals surface area contributed by atoms with E-state index in [-0.39, 0.29) is 0 Å². The van der Waals surface area contributed by atoms with Gasteiger partial charge in [0.2, 0.25) is 0 Å². The van der Waals surface area contributed by atoms with Crippen molar-refractivity contribution in [1.82, 2.24) is 5.32 Å². The molecule has 0 fully saturated rings. The Bertz CT molecular complexity index is 254. The summed E-state index contributed by atoms with van der Waals surface area (Å²) in [6, 6.07) is 2.98. The fourth-order valence-corrected chi connectivity index (χ4v) is 2.56. The lowest BCUT2D eigenvalue weighted by Crippen LogP contribution is -2.26. The van der Waals surface area contributed by atoms with Crippen LogP contribution in [0.5, 0.6) is 0 Å². The van der Waals surface area contributed by atoms with Crippen molar-refractivity contribution in [3.8, 4) is 0 Å². The van der Waals surface area contributed by atoms with E-state index in [9.17, 15) is 0 Å². The first-order valence-electron chi connectivity index (χ1n) is 5.46. The second-order valence-corrected chi connectivity index (χ2v) is 5.19. The van der Waals surface area contributed by atoms with E-state index < -0.39 is 0 Å². The van der Waals surface area contributed by atoms with Crippen LogP contribution in [-0.4, -0.2) is 6.04 Å². The predicted molar refractivity (Wildman–Crippen MR) is 65.0 cm³/mol. The van der Waals surface area contributed by atoms with E-state index in [0.717, 1.165) is 6.54 Å². The van der Waals surface area contributed by atoms with Gasteiger partial charge in [-0.15, -0.1) is 11.3 Å². The molecule has 0 bridgehead atoms. The third-order valence-electron chi connectivity index (χ3n) is 2.77. The highest BCUT2D eigenvalue weighted by Crippen LogP contribution is 2.20. The Hall–Kier alpha value is -0.340. The van der Waals surface area contributed by atoms with Crippen molar-refractivity contribution in [2.24, 2.45) is 0 Å². The van der Waals surface area contributed by atoms with Gasteiger partial charge in [0.1, 0.15) is 0 Å². The highest BCUT2D eigenvalue weighted by atomic mass is 32.1. The van der Waals surface area contributed by atoms with Crippen LogP contribution in [0.25, 0.3) is 0 Å². The smallest absolute Gasteiger partial charge is 0.0302 e. The molecule has 0 spiro atoms. The maximum absolute atomic E-state index is 3.59. The molecule has 1 nitrogen and oxygen atoms in total. The van der Waals surface area contributed by atoms with Crippen LogP contribution in [0.15, 0.2) is 6.07 Å². The van der Waals surface area contributed by atoms with Crippen LogP contribution in [0.2, 0.25) is 0 Å². The molecular formula is C12H21NS. The maximum Gasteiger partial charge on any atom is 0.0302 e. The van der Waals surface area contributed by atoms with E-state index in [0.29, 0.717) is 6.04 Å². The molecule has 0 aliphatic heterocycles. The normalized spacial score (nSPS) is 11.2. The summed E-state index contributed by atoms with van der Waals surface area (Å²) < 4.78 is 0. The van der Waals surface area contributed by atoms with E-state index in [1.165, 1.54) is 28.2 Å². The van der Waals surface area contributed by atoms with Gasteiger partial charge in [-0.1, -0.05) is 13.8 Å². The lowest BCUT2D eigenvalue weighted by molar-refractivity contribution is 0.486. The summed E-state index contributed by atoms with van der Waals surface area (Å²) in [4.78, 5) is 2.92. The standard InChI is InChI=1S/C12H21NS/c1-5-11(6-2)13-8-12-7-9(3)10(4)14-12/h7,11,13H,5-6,8H2,1-4H3. The zero-order valence-corrected chi connectivity index (χ0v) is 10.5. The Labute approximate surface area is 91.5 Å². The molecule has 0 unspecified atom stereocenters. The molecule has 2 heteroatoms. The van der Waals surface area contributed by atoms with Gasteiger partial charge in [0.15, 0.2) is 0 Å². The summed E-state index contributed by atoms with van der Waals surface area (Å²) in [5.41, 5.74) is 1.43. The lowest BCUT2D eigenvalue weighted by atomic mass is 10.2. The molecule has 14 heavy (non-hydrogen) atoms. The van der Waals surface area contributed by atoms with Crippen molar-refractivity contribution in [1.29, 1.82) is 0 Å². The average Bonchev–Trinajstić information content (AvgIpc) is 2.48. The van der Waals surface area contributed by atoms with E-state index in [1.54, 1.807) is 0 Å². The van der Waals surface area contributed by atoms with Crippen molar-refractivity contribution in [2.75, 3.05) is 0 Å². The minimum absolute atomic E-state index is 0.678. The van der Waals surface area contributed by atoms with Crippen molar-refractivity contribution in [3.63, 3.8) is 0 Å². The van der Waals surface area contributed by atoms with Crippen LogP contribution < -0.4 is 5.32 Å². The molecule has 0 atom stereocenters. The molecule has 0 saturated heterocycles. The van der Waals surface area contributed by atoms with Crippen molar-refractivity contribution in [2.45, 2.75) is 53.1 Å². The molecule has 0 radical (unpaired) electrons. The van der Waals surface area contributed by atoms with Gasteiger partial charge < -0.3 is 5.32 Å². The topological polar surface area (TPSA) is 12.0 Å². The number of thiophene rings is 1. The second-order valence-electron chi connectivity index (χ2n) is 3.85. The molecule has 1 aromatic heterocycles. The first kappa shape index (κ1) is 11.7. The summed E-state index contributed by atoms with van der Waals surface area (Å²) >= 11 is 1.91. The summed E-state index contributed by atoms with van der Waals surface area (Å²) in [5, 5.41) is 3.59. The highest BCUT2D eigenvalue weighted by molar-refractivity contribution is 7.12. The molecule has 1 heterocycles. The van der Waals surface area contributed by atoms with Gasteiger partial charge in [-0.05, 0) is 38.3 Å². The minimum atomic E-state index is 0.678. The summed E-state index contributed by atoms with van der Waals surface area (Å²) in [6.45, 7) is 9.90. The van der Waals surface area contributed by atoms with Gasteiger partial charge in [0, 0.05) is 22.3 Å². The molecule has 1 aromatic rings. The van der Waals surface area contributed by atoms with Crippen molar-refractivity contribution in [3.05, 3.63) is 21.4 Å². The Morgan fingerprint density at radius 3 is 2.36 bits per heavy atom. The number of nitrogens with one attached hydrogen (secondary N) is 1. The third kappa shape index (κ3) is 3.10. The van der Waals surface area contributed by atoms with Gasteiger partial charge in [0.05, 0.1) is 0 Å². The molecule has 0 aliphatic carbocycles. The largest absolute Gasteiger partial charge is 0.309 e. The zero-order chi connectivity index (χ0) is 10.6. The lowest BCUT2D eigenvalue weighted by Gasteiger charge is -2.13. The second kappa shape index (κ2) is 5.52. The Kier molecular flexibility index (Phi) is 4.63. The number of hydrogen-bond donors (Lipinski definition) is 1. The molecule has 80 valence electrons. The van der Waals surface area contributed by atoms with Crippen molar-refractivity contribution >= 4 is 11.3 Å². The zero-order valence-electron chi connectivity index (χ0n) is 9.68. The van der Waals surface area contributed by atoms with E-state index in [4.69, 9.17) is 0 Å². The monoisotopic (exact) mass is 211 g/mol. The molecule has 0 aromatic carbocycles. The highest BCUT2D eigenvalue weighted by Gasteiger charge is 2.04. The van der Waals surface area contributed by atoms with Crippen LogP contribution in [-0.2, 0) is 6.54 Å². The molecule has 1 N–H and O–H groups in total. The Morgan fingerprint density at radius 2 is 1.93 bits per heavy atom. The number of aryl methyl sites for hydroxylation is 2. The fraction of sp³-hybridized carbons (Fsp3) is 0.667. The first-order valence-corrected chi connectivity index (χ1v) is 6.28. The van der Waals surface area contributed by atoms with E-state index in [1.807, 2.05) is 11.3 Å². The van der Waals surface area contributed by atoms with Gasteiger partial charge in [0.25, 0.3) is 0 Å².